The summed E-state index contributed by atoms with van der Waals surface area (Å²) in [6, 6.07) is 4.26. The van der Waals surface area contributed by atoms with Crippen LogP contribution in [0.1, 0.15) is 61.7 Å². The van der Waals surface area contributed by atoms with Crippen LogP contribution < -0.4 is 15.5 Å². The van der Waals surface area contributed by atoms with Crippen LogP contribution >= 0.6 is 35.3 Å². The molecular formula is C21H33IN6S. The molecule has 0 radical (unpaired) electrons. The minimum Gasteiger partial charge on any atom is -0.357 e. The number of anilines is 1. The van der Waals surface area contributed by atoms with Gasteiger partial charge in [-0.3, -0.25) is 4.99 Å². The summed E-state index contributed by atoms with van der Waals surface area (Å²) < 4.78 is 0. The topological polar surface area (TPSA) is 65.4 Å². The second-order valence-electron chi connectivity index (χ2n) is 7.52. The molecule has 0 aromatic carbocycles. The van der Waals surface area contributed by atoms with Crippen molar-refractivity contribution in [2.45, 2.75) is 58.5 Å². The van der Waals surface area contributed by atoms with Crippen molar-refractivity contribution >= 4 is 47.1 Å². The van der Waals surface area contributed by atoms with Gasteiger partial charge < -0.3 is 15.5 Å². The van der Waals surface area contributed by atoms with E-state index in [1.165, 1.54) is 31.2 Å². The number of rotatable bonds is 6. The highest BCUT2D eigenvalue weighted by Gasteiger charge is 2.11. The molecule has 0 saturated carbocycles. The number of guanidine groups is 1. The Bertz CT molecular complexity index is 768. The van der Waals surface area contributed by atoms with E-state index in [1.807, 2.05) is 6.20 Å². The molecule has 1 saturated heterocycles. The number of halogens is 1. The van der Waals surface area contributed by atoms with Crippen molar-refractivity contribution in [2.24, 2.45) is 4.99 Å². The summed E-state index contributed by atoms with van der Waals surface area (Å²) in [7, 11) is 1.80. The fraction of sp³-hybridized carbons (Fsp3) is 0.571. The molecule has 2 aromatic rings. The Morgan fingerprint density at radius 3 is 2.55 bits per heavy atom. The largest absolute Gasteiger partial charge is 0.357 e. The van der Waals surface area contributed by atoms with E-state index in [0.29, 0.717) is 12.5 Å². The summed E-state index contributed by atoms with van der Waals surface area (Å²) in [4.78, 5) is 16.0. The first-order valence-corrected chi connectivity index (χ1v) is 11.1. The van der Waals surface area contributed by atoms with E-state index >= 15 is 0 Å². The molecule has 0 unspecified atom stereocenters. The smallest absolute Gasteiger partial charge is 0.191 e. The number of nitrogens with one attached hydrogen (secondary N) is 2. The van der Waals surface area contributed by atoms with Gasteiger partial charge in [0, 0.05) is 38.3 Å². The van der Waals surface area contributed by atoms with Gasteiger partial charge in [-0.15, -0.1) is 35.3 Å². The van der Waals surface area contributed by atoms with E-state index in [9.17, 15) is 0 Å². The Balaban J connectivity index is 0.00000300. The van der Waals surface area contributed by atoms with Crippen molar-refractivity contribution in [3.8, 4) is 0 Å². The molecule has 2 N–H and O–H groups in total. The Morgan fingerprint density at radius 1 is 1.17 bits per heavy atom. The van der Waals surface area contributed by atoms with Crippen LogP contribution in [0.5, 0.6) is 0 Å². The molecule has 1 aliphatic heterocycles. The van der Waals surface area contributed by atoms with Crippen LogP contribution in [0.4, 0.5) is 5.82 Å². The average molecular weight is 529 g/mol. The summed E-state index contributed by atoms with van der Waals surface area (Å²) in [6.45, 7) is 7.96. The summed E-state index contributed by atoms with van der Waals surface area (Å²) >= 11 is 1.69. The maximum absolute atomic E-state index is 4.66. The van der Waals surface area contributed by atoms with Crippen molar-refractivity contribution < 1.29 is 0 Å². The first-order chi connectivity index (χ1) is 13.7. The quantitative estimate of drug-likeness (QED) is 0.328. The molecule has 3 rings (SSSR count). The molecule has 3 heterocycles. The molecule has 29 heavy (non-hydrogen) atoms. The molecule has 8 heteroatoms. The molecule has 0 amide bonds. The fourth-order valence-electron chi connectivity index (χ4n) is 3.28. The Hall–Kier alpha value is -1.42. The fourth-order valence-corrected chi connectivity index (χ4v) is 4.18. The summed E-state index contributed by atoms with van der Waals surface area (Å²) in [5, 5.41) is 9.97. The maximum Gasteiger partial charge on any atom is 0.191 e. The Labute approximate surface area is 195 Å². The van der Waals surface area contributed by atoms with Crippen LogP contribution in [0.3, 0.4) is 0 Å². The molecular weight excluding hydrogens is 495 g/mol. The third kappa shape index (κ3) is 7.40. The zero-order valence-corrected chi connectivity index (χ0v) is 20.8. The van der Waals surface area contributed by atoms with Gasteiger partial charge in [0.1, 0.15) is 10.8 Å². The molecule has 6 nitrogen and oxygen atoms in total. The third-order valence-electron chi connectivity index (χ3n) is 4.99. The van der Waals surface area contributed by atoms with Gasteiger partial charge >= 0.3 is 0 Å². The van der Waals surface area contributed by atoms with Gasteiger partial charge in [-0.25, -0.2) is 9.97 Å². The maximum atomic E-state index is 4.66. The van der Waals surface area contributed by atoms with E-state index in [1.54, 1.807) is 18.4 Å². The van der Waals surface area contributed by atoms with Crippen LogP contribution in [-0.4, -0.2) is 36.1 Å². The molecule has 0 atom stereocenters. The molecule has 0 aliphatic carbocycles. The molecule has 1 aliphatic rings. The number of hydrogen-bond acceptors (Lipinski definition) is 5. The molecule has 0 spiro atoms. The number of aliphatic imine (C=N–C) groups is 1. The molecule has 160 valence electrons. The number of aromatic nitrogens is 2. The van der Waals surface area contributed by atoms with E-state index in [-0.39, 0.29) is 24.0 Å². The van der Waals surface area contributed by atoms with E-state index in [4.69, 9.17) is 0 Å². The zero-order chi connectivity index (χ0) is 19.8. The lowest BCUT2D eigenvalue weighted by Crippen LogP contribution is -2.36. The molecule has 0 bridgehead atoms. The van der Waals surface area contributed by atoms with Crippen molar-refractivity contribution in [2.75, 3.05) is 25.0 Å². The van der Waals surface area contributed by atoms with Gasteiger partial charge in [0.25, 0.3) is 0 Å². The second-order valence-corrected chi connectivity index (χ2v) is 8.47. The first-order valence-electron chi connectivity index (χ1n) is 10.2. The van der Waals surface area contributed by atoms with Gasteiger partial charge in [0.2, 0.25) is 0 Å². The van der Waals surface area contributed by atoms with Crippen LogP contribution in [0.2, 0.25) is 0 Å². The Kier molecular flexibility index (Phi) is 10.1. The average Bonchev–Trinajstić information content (AvgIpc) is 3.02. The number of thiazole rings is 1. The van der Waals surface area contributed by atoms with Gasteiger partial charge in [0.05, 0.1) is 12.2 Å². The van der Waals surface area contributed by atoms with Crippen molar-refractivity contribution in [1.82, 2.24) is 20.6 Å². The SMILES string of the molecule is CN=C(NCc1ccnc(N2CCCCCC2)c1)NCc1nc(C(C)C)cs1.I. The minimum absolute atomic E-state index is 0. The van der Waals surface area contributed by atoms with Crippen LogP contribution in [-0.2, 0) is 13.1 Å². The Morgan fingerprint density at radius 2 is 1.90 bits per heavy atom. The summed E-state index contributed by atoms with van der Waals surface area (Å²) in [5.74, 6) is 2.34. The lowest BCUT2D eigenvalue weighted by Gasteiger charge is -2.22. The zero-order valence-electron chi connectivity index (χ0n) is 17.6. The monoisotopic (exact) mass is 528 g/mol. The van der Waals surface area contributed by atoms with E-state index < -0.39 is 0 Å². The van der Waals surface area contributed by atoms with E-state index in [0.717, 1.165) is 42.1 Å². The number of pyridine rings is 1. The predicted molar refractivity (Wildman–Crippen MR) is 134 cm³/mol. The normalized spacial score (nSPS) is 15.0. The third-order valence-corrected chi connectivity index (χ3v) is 5.86. The highest BCUT2D eigenvalue weighted by molar-refractivity contribution is 14.0. The van der Waals surface area contributed by atoms with Crippen LogP contribution in [0, 0.1) is 0 Å². The highest BCUT2D eigenvalue weighted by Crippen LogP contribution is 2.19. The first kappa shape index (κ1) is 23.9. The molecule has 1 fully saturated rings. The minimum atomic E-state index is 0. The number of nitrogens with zero attached hydrogens (tertiary/aromatic N) is 4. The van der Waals surface area contributed by atoms with Gasteiger partial charge in [-0.1, -0.05) is 26.7 Å². The summed E-state index contributed by atoms with van der Waals surface area (Å²) in [5.41, 5.74) is 2.37. The van der Waals surface area contributed by atoms with Crippen LogP contribution in [0.25, 0.3) is 0 Å². The van der Waals surface area contributed by atoms with Crippen molar-refractivity contribution in [3.63, 3.8) is 0 Å². The number of hydrogen-bond donors (Lipinski definition) is 2. The van der Waals surface area contributed by atoms with Gasteiger partial charge in [-0.2, -0.15) is 0 Å². The van der Waals surface area contributed by atoms with Gasteiger partial charge in [-0.05, 0) is 36.5 Å². The van der Waals surface area contributed by atoms with Crippen molar-refractivity contribution in [3.05, 3.63) is 40.0 Å². The van der Waals surface area contributed by atoms with E-state index in [2.05, 4.69) is 61.9 Å². The second kappa shape index (κ2) is 12.3. The summed E-state index contributed by atoms with van der Waals surface area (Å²) in [6.07, 6.45) is 7.09. The predicted octanol–water partition coefficient (Wildman–Crippen LogP) is 4.53. The molecule has 2 aromatic heterocycles. The standard InChI is InChI=1S/C21H32N6S.HI/c1-16(2)18-15-28-20(26-18)14-25-21(22-3)24-13-17-8-9-23-19(12-17)27-10-6-4-5-7-11-27;/h8-9,12,15-16H,4-7,10-11,13-14H2,1-3H3,(H2,22,24,25);1H. The van der Waals surface area contributed by atoms with Crippen molar-refractivity contribution in [1.29, 1.82) is 0 Å². The lowest BCUT2D eigenvalue weighted by molar-refractivity contribution is 0.726. The lowest BCUT2D eigenvalue weighted by atomic mass is 10.2. The highest BCUT2D eigenvalue weighted by atomic mass is 127. The van der Waals surface area contributed by atoms with Gasteiger partial charge in [0.15, 0.2) is 5.96 Å². The van der Waals surface area contributed by atoms with Crippen LogP contribution in [0.15, 0.2) is 28.7 Å².